The molecule has 0 aromatic carbocycles. The molecule has 0 spiro atoms. The molecule has 1 N–H and O–H groups in total. The van der Waals surface area contributed by atoms with Gasteiger partial charge in [0.05, 0.1) is 11.3 Å². The Morgan fingerprint density at radius 1 is 1.69 bits per heavy atom. The zero-order valence-electron chi connectivity index (χ0n) is 7.45. The molecule has 13 heavy (non-hydrogen) atoms. The molecule has 0 aliphatic rings. The molecule has 0 radical (unpaired) electrons. The summed E-state index contributed by atoms with van der Waals surface area (Å²) in [4.78, 5) is 18.6. The van der Waals surface area contributed by atoms with Crippen LogP contribution in [-0.4, -0.2) is 29.0 Å². The van der Waals surface area contributed by atoms with Crippen LogP contribution in [-0.2, 0) is 0 Å². The van der Waals surface area contributed by atoms with Crippen molar-refractivity contribution in [1.29, 1.82) is 0 Å². The molecule has 5 heteroatoms. The Labute approximate surface area is 79.4 Å². The first-order valence-electron chi connectivity index (χ1n) is 4.00. The lowest BCUT2D eigenvalue weighted by Crippen LogP contribution is -2.07. The third-order valence-corrected chi connectivity index (χ3v) is 1.86. The highest BCUT2D eigenvalue weighted by molar-refractivity contribution is 7.16. The van der Waals surface area contributed by atoms with E-state index in [0.29, 0.717) is 17.2 Å². The minimum atomic E-state index is 0.538. The third-order valence-electron chi connectivity index (χ3n) is 1.57. The van der Waals surface area contributed by atoms with Crippen molar-refractivity contribution >= 4 is 21.5 Å². The van der Waals surface area contributed by atoms with Crippen molar-refractivity contribution in [3.05, 3.63) is 17.5 Å². The number of aromatic nitrogens is 2. The summed E-state index contributed by atoms with van der Waals surface area (Å²) < 4.78 is 0. The summed E-state index contributed by atoms with van der Waals surface area (Å²) in [6.07, 6.45) is 3.23. The summed E-state index contributed by atoms with van der Waals surface area (Å²) in [6, 6.07) is 0. The molecule has 0 bridgehead atoms. The van der Waals surface area contributed by atoms with Gasteiger partial charge in [0.25, 0.3) is 0 Å². The van der Waals surface area contributed by atoms with Gasteiger partial charge in [-0.15, -0.1) is 9.24 Å². The number of carbonyl (C=O) groups excluding carboxylic acids is 1. The number of anilines is 1. The predicted molar refractivity (Wildman–Crippen MR) is 55.2 cm³/mol. The number of nitrogens with zero attached hydrogens (tertiary/aromatic N) is 2. The average molecular weight is 197 g/mol. The fraction of sp³-hybridized carbons (Fsp3) is 0.375. The van der Waals surface area contributed by atoms with Crippen molar-refractivity contribution in [2.45, 2.75) is 6.92 Å². The van der Waals surface area contributed by atoms with Crippen molar-refractivity contribution < 1.29 is 4.79 Å². The molecule has 0 aliphatic carbocycles. The summed E-state index contributed by atoms with van der Waals surface area (Å²) in [5.74, 6) is 0.575. The highest BCUT2D eigenvalue weighted by Gasteiger charge is 2.00. The minimum absolute atomic E-state index is 0.538. The van der Waals surface area contributed by atoms with Crippen molar-refractivity contribution in [3.63, 3.8) is 0 Å². The molecule has 1 aromatic heterocycles. The molecular weight excluding hydrogens is 185 g/mol. The van der Waals surface area contributed by atoms with Gasteiger partial charge in [-0.2, -0.15) is 0 Å². The molecule has 0 saturated heterocycles. The quantitative estimate of drug-likeness (QED) is 0.575. The second kappa shape index (κ2) is 4.87. The van der Waals surface area contributed by atoms with Gasteiger partial charge in [-0.05, 0) is 13.1 Å². The molecular formula is C8H12N3OP. The van der Waals surface area contributed by atoms with E-state index in [0.717, 1.165) is 19.0 Å². The predicted octanol–water partition coefficient (Wildman–Crippen LogP) is 0.885. The number of rotatable bonds is 4. The summed E-state index contributed by atoms with van der Waals surface area (Å²) in [5, 5.41) is 3.03. The largest absolute Gasteiger partial charge is 0.354 e. The fourth-order valence-electron chi connectivity index (χ4n) is 0.861. The minimum Gasteiger partial charge on any atom is -0.354 e. The van der Waals surface area contributed by atoms with Gasteiger partial charge < -0.3 is 5.32 Å². The molecule has 70 valence electrons. The standard InChI is InChI=1S/C8H12N3OP/c1-6-7(5-12)4-10-8(11-6)9-2-3-13/h4-5H,2-3,13H2,1H3,(H,9,10,11). The Balaban J connectivity index is 2.77. The van der Waals surface area contributed by atoms with E-state index in [-0.39, 0.29) is 0 Å². The second-order valence-corrected chi connectivity index (χ2v) is 3.15. The van der Waals surface area contributed by atoms with E-state index < -0.39 is 0 Å². The first-order valence-corrected chi connectivity index (χ1v) is 4.82. The first kappa shape index (κ1) is 10.1. The van der Waals surface area contributed by atoms with Crippen LogP contribution < -0.4 is 5.32 Å². The van der Waals surface area contributed by atoms with Gasteiger partial charge >= 0.3 is 0 Å². The molecule has 4 nitrogen and oxygen atoms in total. The maximum atomic E-state index is 10.4. The molecule has 1 atom stereocenters. The molecule has 1 heterocycles. The van der Waals surface area contributed by atoms with Gasteiger partial charge in [-0.25, -0.2) is 9.97 Å². The van der Waals surface area contributed by atoms with E-state index in [1.54, 1.807) is 6.92 Å². The molecule has 0 saturated carbocycles. The molecule has 1 rings (SSSR count). The Kier molecular flexibility index (Phi) is 3.77. The maximum absolute atomic E-state index is 10.4. The van der Waals surface area contributed by atoms with Crippen molar-refractivity contribution in [2.75, 3.05) is 18.0 Å². The molecule has 0 amide bonds. The van der Waals surface area contributed by atoms with E-state index in [9.17, 15) is 4.79 Å². The van der Waals surface area contributed by atoms with Crippen LogP contribution in [0.25, 0.3) is 0 Å². The zero-order valence-corrected chi connectivity index (χ0v) is 8.60. The van der Waals surface area contributed by atoms with Crippen LogP contribution in [0.4, 0.5) is 5.95 Å². The zero-order chi connectivity index (χ0) is 9.68. The highest BCUT2D eigenvalue weighted by Crippen LogP contribution is 2.04. The molecule has 0 fully saturated rings. The molecule has 1 unspecified atom stereocenters. The van der Waals surface area contributed by atoms with E-state index in [1.807, 2.05) is 0 Å². The van der Waals surface area contributed by atoms with Gasteiger partial charge in [-0.3, -0.25) is 4.79 Å². The van der Waals surface area contributed by atoms with E-state index in [2.05, 4.69) is 24.5 Å². The topological polar surface area (TPSA) is 54.9 Å². The number of carbonyl (C=O) groups is 1. The number of aldehydes is 1. The van der Waals surface area contributed by atoms with E-state index in [4.69, 9.17) is 0 Å². The summed E-state index contributed by atoms with van der Waals surface area (Å²) in [7, 11) is 2.61. The molecule has 0 aliphatic heterocycles. The van der Waals surface area contributed by atoms with Crippen LogP contribution in [0.5, 0.6) is 0 Å². The first-order chi connectivity index (χ1) is 6.27. The Morgan fingerprint density at radius 3 is 3.00 bits per heavy atom. The van der Waals surface area contributed by atoms with Crippen molar-refractivity contribution in [3.8, 4) is 0 Å². The summed E-state index contributed by atoms with van der Waals surface area (Å²) in [6.45, 7) is 2.60. The second-order valence-electron chi connectivity index (χ2n) is 2.57. The average Bonchev–Trinajstić information content (AvgIpc) is 2.15. The highest BCUT2D eigenvalue weighted by atomic mass is 31.0. The normalized spacial score (nSPS) is 9.69. The van der Waals surface area contributed by atoms with Gasteiger partial charge in [0.1, 0.15) is 0 Å². The maximum Gasteiger partial charge on any atom is 0.222 e. The Hall–Kier alpha value is -1.02. The Morgan fingerprint density at radius 2 is 2.46 bits per heavy atom. The fourth-order valence-corrected chi connectivity index (χ4v) is 1.01. The monoisotopic (exact) mass is 197 g/mol. The SMILES string of the molecule is Cc1nc(NCCP)ncc1C=O. The third kappa shape index (κ3) is 2.74. The van der Waals surface area contributed by atoms with Crippen LogP contribution in [0.2, 0.25) is 0 Å². The van der Waals surface area contributed by atoms with E-state index in [1.165, 1.54) is 6.20 Å². The van der Waals surface area contributed by atoms with Crippen molar-refractivity contribution in [1.82, 2.24) is 9.97 Å². The lowest BCUT2D eigenvalue weighted by Gasteiger charge is -2.03. The Bertz CT molecular complexity index is 303. The number of aryl methyl sites for hydroxylation is 1. The van der Waals surface area contributed by atoms with Crippen LogP contribution in [0.1, 0.15) is 16.1 Å². The van der Waals surface area contributed by atoms with Crippen LogP contribution in [0, 0.1) is 6.92 Å². The lowest BCUT2D eigenvalue weighted by atomic mass is 10.3. The van der Waals surface area contributed by atoms with Crippen molar-refractivity contribution in [2.24, 2.45) is 0 Å². The lowest BCUT2D eigenvalue weighted by molar-refractivity contribution is 0.112. The molecule has 1 aromatic rings. The number of hydrogen-bond acceptors (Lipinski definition) is 4. The van der Waals surface area contributed by atoms with Crippen LogP contribution in [0.15, 0.2) is 6.20 Å². The van der Waals surface area contributed by atoms with E-state index >= 15 is 0 Å². The number of nitrogens with one attached hydrogen (secondary N) is 1. The van der Waals surface area contributed by atoms with Gasteiger partial charge in [-0.1, -0.05) is 0 Å². The van der Waals surface area contributed by atoms with Crippen LogP contribution in [0.3, 0.4) is 0 Å². The number of hydrogen-bond donors (Lipinski definition) is 1. The summed E-state index contributed by atoms with van der Waals surface area (Å²) >= 11 is 0. The van der Waals surface area contributed by atoms with Gasteiger partial charge in [0.2, 0.25) is 5.95 Å². The van der Waals surface area contributed by atoms with Gasteiger partial charge in [0.15, 0.2) is 6.29 Å². The summed E-state index contributed by atoms with van der Waals surface area (Å²) in [5.41, 5.74) is 1.24. The van der Waals surface area contributed by atoms with Crippen LogP contribution >= 0.6 is 9.24 Å². The smallest absolute Gasteiger partial charge is 0.222 e. The van der Waals surface area contributed by atoms with Gasteiger partial charge in [0, 0.05) is 12.7 Å².